The molecule has 1 heterocycles. The minimum absolute atomic E-state index is 0.198. The van der Waals surface area contributed by atoms with E-state index in [1.165, 1.54) is 4.31 Å². The minimum Gasteiger partial charge on any atom is -0.366 e. The average molecular weight is 431 g/mol. The van der Waals surface area contributed by atoms with Gasteiger partial charge in [-0.1, -0.05) is 17.7 Å². The lowest BCUT2D eigenvalue weighted by molar-refractivity contribution is -0.121. The van der Waals surface area contributed by atoms with Gasteiger partial charge in [0.25, 0.3) is 0 Å². The lowest BCUT2D eigenvalue weighted by Gasteiger charge is -2.36. The molecule has 3 rings (SSSR count). The first-order valence-electron chi connectivity index (χ1n) is 9.70. The molecule has 1 fully saturated rings. The second kappa shape index (κ2) is 8.95. The van der Waals surface area contributed by atoms with Crippen LogP contribution < -0.4 is 11.1 Å². The summed E-state index contributed by atoms with van der Waals surface area (Å²) in [6.45, 7) is 5.26. The number of anilines is 1. The normalized spacial score (nSPS) is 16.7. The molecule has 9 heteroatoms. The third kappa shape index (κ3) is 4.86. The van der Waals surface area contributed by atoms with Crippen LogP contribution in [-0.2, 0) is 14.8 Å². The van der Waals surface area contributed by atoms with Crippen LogP contribution in [-0.4, -0.2) is 61.7 Å². The molecular formula is C21H26N4O4S. The predicted molar refractivity (Wildman–Crippen MR) is 115 cm³/mol. The van der Waals surface area contributed by atoms with Gasteiger partial charge in [0, 0.05) is 37.4 Å². The smallest absolute Gasteiger partial charge is 0.248 e. The van der Waals surface area contributed by atoms with Gasteiger partial charge >= 0.3 is 0 Å². The van der Waals surface area contributed by atoms with E-state index in [4.69, 9.17) is 5.73 Å². The molecule has 1 aliphatic heterocycles. The van der Waals surface area contributed by atoms with Crippen molar-refractivity contribution < 1.29 is 18.0 Å². The number of benzene rings is 2. The summed E-state index contributed by atoms with van der Waals surface area (Å²) in [5.41, 5.74) is 7.15. The van der Waals surface area contributed by atoms with E-state index in [9.17, 15) is 18.0 Å². The van der Waals surface area contributed by atoms with Crippen LogP contribution >= 0.6 is 0 Å². The van der Waals surface area contributed by atoms with Crippen molar-refractivity contribution in [2.75, 3.05) is 31.5 Å². The monoisotopic (exact) mass is 430 g/mol. The van der Waals surface area contributed by atoms with Gasteiger partial charge in [-0.3, -0.25) is 14.5 Å². The maximum atomic E-state index is 12.8. The summed E-state index contributed by atoms with van der Waals surface area (Å²) in [4.78, 5) is 26.0. The summed E-state index contributed by atoms with van der Waals surface area (Å²) in [6, 6.07) is 12.7. The third-order valence-corrected chi connectivity index (χ3v) is 7.21. The molecule has 0 spiro atoms. The number of hydrogen-bond acceptors (Lipinski definition) is 5. The first-order valence-corrected chi connectivity index (χ1v) is 11.1. The number of nitrogens with one attached hydrogen (secondary N) is 1. The van der Waals surface area contributed by atoms with E-state index in [2.05, 4.69) is 5.32 Å². The Morgan fingerprint density at radius 3 is 2.07 bits per heavy atom. The molecular weight excluding hydrogens is 404 g/mol. The highest BCUT2D eigenvalue weighted by molar-refractivity contribution is 7.89. The molecule has 0 radical (unpaired) electrons. The number of carbonyl (C=O) groups is 2. The summed E-state index contributed by atoms with van der Waals surface area (Å²) in [5, 5.41) is 2.81. The van der Waals surface area contributed by atoms with E-state index < -0.39 is 22.0 Å². The van der Waals surface area contributed by atoms with Gasteiger partial charge in [0.05, 0.1) is 10.9 Å². The second-order valence-electron chi connectivity index (χ2n) is 7.36. The number of hydrogen-bond donors (Lipinski definition) is 2. The fourth-order valence-corrected chi connectivity index (χ4v) is 4.74. The third-order valence-electron chi connectivity index (χ3n) is 5.30. The maximum Gasteiger partial charge on any atom is 0.248 e. The standard InChI is InChI=1S/C21H26N4O4S/c1-15-3-9-19(10-4-15)30(28,29)25-13-11-24(12-14-25)16(2)21(27)23-18-7-5-17(6-8-18)20(22)26/h3-10,16H,11-14H2,1-2H3,(H2,22,26)(H,23,27). The van der Waals surface area contributed by atoms with Gasteiger partial charge in [-0.15, -0.1) is 0 Å². The predicted octanol–water partition coefficient (Wildman–Crippen LogP) is 1.43. The molecule has 1 aliphatic rings. The van der Waals surface area contributed by atoms with E-state index in [0.29, 0.717) is 37.4 Å². The van der Waals surface area contributed by atoms with Crippen LogP contribution in [0.5, 0.6) is 0 Å². The van der Waals surface area contributed by atoms with Crippen molar-refractivity contribution in [2.45, 2.75) is 24.8 Å². The number of rotatable bonds is 6. The van der Waals surface area contributed by atoms with Gasteiger partial charge in [-0.2, -0.15) is 4.31 Å². The molecule has 30 heavy (non-hydrogen) atoms. The zero-order valence-corrected chi connectivity index (χ0v) is 17.9. The van der Waals surface area contributed by atoms with Gasteiger partial charge in [-0.25, -0.2) is 8.42 Å². The van der Waals surface area contributed by atoms with E-state index in [1.54, 1.807) is 55.5 Å². The van der Waals surface area contributed by atoms with E-state index in [-0.39, 0.29) is 10.8 Å². The zero-order valence-electron chi connectivity index (χ0n) is 17.0. The Balaban J connectivity index is 1.57. The molecule has 2 aromatic carbocycles. The first-order chi connectivity index (χ1) is 14.2. The number of amides is 2. The van der Waals surface area contributed by atoms with Gasteiger partial charge in [0.2, 0.25) is 21.8 Å². The lowest BCUT2D eigenvalue weighted by atomic mass is 10.2. The van der Waals surface area contributed by atoms with Crippen molar-refractivity contribution in [3.05, 3.63) is 59.7 Å². The molecule has 3 N–H and O–H groups in total. The van der Waals surface area contributed by atoms with Crippen LogP contribution in [0.15, 0.2) is 53.4 Å². The fraction of sp³-hybridized carbons (Fsp3) is 0.333. The van der Waals surface area contributed by atoms with Crippen LogP contribution in [0.25, 0.3) is 0 Å². The SMILES string of the molecule is Cc1ccc(S(=O)(=O)N2CCN(C(C)C(=O)Nc3ccc(C(N)=O)cc3)CC2)cc1. The van der Waals surface area contributed by atoms with E-state index in [0.717, 1.165) is 5.56 Å². The maximum absolute atomic E-state index is 12.8. The highest BCUT2D eigenvalue weighted by Gasteiger charge is 2.31. The number of sulfonamides is 1. The quantitative estimate of drug-likeness (QED) is 0.720. The van der Waals surface area contributed by atoms with Crippen molar-refractivity contribution >= 4 is 27.5 Å². The first kappa shape index (κ1) is 21.9. The number of nitrogens with zero attached hydrogens (tertiary/aromatic N) is 2. The van der Waals surface area contributed by atoms with Gasteiger partial charge < -0.3 is 11.1 Å². The summed E-state index contributed by atoms with van der Waals surface area (Å²) >= 11 is 0. The molecule has 0 aromatic heterocycles. The van der Waals surface area contributed by atoms with Crippen molar-refractivity contribution in [2.24, 2.45) is 5.73 Å². The second-order valence-corrected chi connectivity index (χ2v) is 9.30. The summed E-state index contributed by atoms with van der Waals surface area (Å²) in [6.07, 6.45) is 0. The minimum atomic E-state index is -3.54. The lowest BCUT2D eigenvalue weighted by Crippen LogP contribution is -2.53. The number of carbonyl (C=O) groups excluding carboxylic acids is 2. The highest BCUT2D eigenvalue weighted by atomic mass is 32.2. The number of nitrogens with two attached hydrogens (primary N) is 1. The van der Waals surface area contributed by atoms with Crippen molar-refractivity contribution in [1.29, 1.82) is 0 Å². The molecule has 1 saturated heterocycles. The fourth-order valence-electron chi connectivity index (χ4n) is 3.32. The molecule has 1 atom stereocenters. The Labute approximate surface area is 176 Å². The average Bonchev–Trinajstić information content (AvgIpc) is 2.74. The van der Waals surface area contributed by atoms with E-state index in [1.807, 2.05) is 11.8 Å². The molecule has 0 aliphatic carbocycles. The Bertz CT molecular complexity index is 1010. The molecule has 0 saturated carbocycles. The number of primary amides is 1. The van der Waals surface area contributed by atoms with Crippen LogP contribution in [0.4, 0.5) is 5.69 Å². The molecule has 0 bridgehead atoms. The molecule has 2 aromatic rings. The van der Waals surface area contributed by atoms with Crippen molar-refractivity contribution in [3.8, 4) is 0 Å². The summed E-state index contributed by atoms with van der Waals surface area (Å²) in [5.74, 6) is -0.726. The van der Waals surface area contributed by atoms with Crippen molar-refractivity contribution in [3.63, 3.8) is 0 Å². The topological polar surface area (TPSA) is 113 Å². The highest BCUT2D eigenvalue weighted by Crippen LogP contribution is 2.19. The van der Waals surface area contributed by atoms with Gasteiger partial charge in [0.1, 0.15) is 0 Å². The Kier molecular flexibility index (Phi) is 6.55. The molecule has 1 unspecified atom stereocenters. The Morgan fingerprint density at radius 1 is 0.967 bits per heavy atom. The van der Waals surface area contributed by atoms with Crippen LogP contribution in [0.3, 0.4) is 0 Å². The Hall–Kier alpha value is -2.75. The molecule has 2 amide bonds. The zero-order chi connectivity index (χ0) is 21.9. The van der Waals surface area contributed by atoms with Gasteiger partial charge in [0.15, 0.2) is 0 Å². The van der Waals surface area contributed by atoms with E-state index >= 15 is 0 Å². The van der Waals surface area contributed by atoms with Gasteiger partial charge in [-0.05, 0) is 50.2 Å². The van der Waals surface area contributed by atoms with Crippen LogP contribution in [0.2, 0.25) is 0 Å². The van der Waals surface area contributed by atoms with Crippen molar-refractivity contribution in [1.82, 2.24) is 9.21 Å². The Morgan fingerprint density at radius 2 is 1.53 bits per heavy atom. The molecule has 8 nitrogen and oxygen atoms in total. The number of aryl methyl sites for hydroxylation is 1. The number of piperazine rings is 1. The largest absolute Gasteiger partial charge is 0.366 e. The van der Waals surface area contributed by atoms with Crippen LogP contribution in [0.1, 0.15) is 22.8 Å². The van der Waals surface area contributed by atoms with Crippen LogP contribution in [0, 0.1) is 6.92 Å². The summed E-state index contributed by atoms with van der Waals surface area (Å²) < 4.78 is 27.1. The summed E-state index contributed by atoms with van der Waals surface area (Å²) in [7, 11) is -3.54. The molecule has 160 valence electrons.